The van der Waals surface area contributed by atoms with E-state index >= 15 is 0 Å². The normalized spacial score (nSPS) is 16.3. The molecule has 24 heavy (non-hydrogen) atoms. The third kappa shape index (κ3) is 2.55. The minimum atomic E-state index is -0.192. The Kier molecular flexibility index (Phi) is 3.19. The third-order valence-corrected chi connectivity index (χ3v) is 3.90. The zero-order valence-electron chi connectivity index (χ0n) is 13.3. The van der Waals surface area contributed by atoms with Crippen LogP contribution in [0.25, 0.3) is 23.2 Å². The Bertz CT molecular complexity index is 896. The number of nitrogens with one attached hydrogen (secondary N) is 2. The summed E-state index contributed by atoms with van der Waals surface area (Å²) in [5.74, 6) is 0.807. The molecule has 4 heterocycles. The van der Waals surface area contributed by atoms with E-state index in [9.17, 15) is 4.79 Å². The lowest BCUT2D eigenvalue weighted by Crippen LogP contribution is -2.32. The van der Waals surface area contributed by atoms with Crippen molar-refractivity contribution in [1.82, 2.24) is 30.4 Å². The first kappa shape index (κ1) is 14.6. The topological polar surface area (TPSA) is 110 Å². The summed E-state index contributed by atoms with van der Waals surface area (Å²) in [4.78, 5) is 28.2. The molecule has 1 amide bonds. The number of imidazole rings is 1. The zero-order valence-corrected chi connectivity index (χ0v) is 13.3. The van der Waals surface area contributed by atoms with E-state index in [2.05, 4.69) is 44.3 Å². The lowest BCUT2D eigenvalue weighted by Gasteiger charge is -2.21. The van der Waals surface area contributed by atoms with Crippen LogP contribution in [0.4, 0.5) is 0 Å². The largest absolute Gasteiger partial charge is 0.350 e. The van der Waals surface area contributed by atoms with Gasteiger partial charge in [0.15, 0.2) is 5.82 Å². The molecular formula is C16H16N6O2. The van der Waals surface area contributed by atoms with Crippen molar-refractivity contribution in [3.63, 3.8) is 0 Å². The number of pyridine rings is 1. The van der Waals surface area contributed by atoms with Gasteiger partial charge in [0, 0.05) is 18.4 Å². The lowest BCUT2D eigenvalue weighted by atomic mass is 9.88. The molecule has 0 radical (unpaired) electrons. The molecule has 3 aromatic rings. The van der Waals surface area contributed by atoms with Gasteiger partial charge < -0.3 is 14.8 Å². The molecule has 0 atom stereocenters. The van der Waals surface area contributed by atoms with Crippen LogP contribution in [0.3, 0.4) is 0 Å². The molecule has 8 heteroatoms. The summed E-state index contributed by atoms with van der Waals surface area (Å²) in [7, 11) is 0. The smallest absolute Gasteiger partial charge is 0.294 e. The van der Waals surface area contributed by atoms with Gasteiger partial charge >= 0.3 is 0 Å². The van der Waals surface area contributed by atoms with Gasteiger partial charge in [0.1, 0.15) is 11.4 Å². The summed E-state index contributed by atoms with van der Waals surface area (Å²) in [5, 5.41) is 6.81. The molecule has 2 N–H and O–H groups in total. The van der Waals surface area contributed by atoms with Crippen LogP contribution >= 0.6 is 0 Å². The van der Waals surface area contributed by atoms with Crippen molar-refractivity contribution in [2.75, 3.05) is 6.54 Å². The van der Waals surface area contributed by atoms with Crippen molar-refractivity contribution >= 4 is 5.91 Å². The highest BCUT2D eigenvalue weighted by molar-refractivity contribution is 5.94. The molecule has 0 unspecified atom stereocenters. The molecule has 0 saturated carbocycles. The van der Waals surface area contributed by atoms with Gasteiger partial charge in [0.05, 0.1) is 0 Å². The van der Waals surface area contributed by atoms with Gasteiger partial charge in [0.25, 0.3) is 11.8 Å². The quantitative estimate of drug-likeness (QED) is 0.744. The number of rotatable bonds is 2. The van der Waals surface area contributed by atoms with Crippen molar-refractivity contribution in [2.45, 2.75) is 20.3 Å². The number of hydrogen-bond donors (Lipinski definition) is 2. The number of aromatic amines is 1. The van der Waals surface area contributed by atoms with Crippen molar-refractivity contribution in [3.8, 4) is 23.2 Å². The maximum absolute atomic E-state index is 12.2. The molecule has 0 aliphatic carbocycles. The molecule has 0 bridgehead atoms. The number of carbonyl (C=O) groups is 1. The lowest BCUT2D eigenvalue weighted by molar-refractivity contribution is 0.0940. The van der Waals surface area contributed by atoms with Gasteiger partial charge in [-0.25, -0.2) is 4.98 Å². The van der Waals surface area contributed by atoms with Crippen LogP contribution in [0.5, 0.6) is 0 Å². The van der Waals surface area contributed by atoms with Crippen molar-refractivity contribution in [1.29, 1.82) is 0 Å². The third-order valence-electron chi connectivity index (χ3n) is 3.90. The van der Waals surface area contributed by atoms with E-state index in [4.69, 9.17) is 4.52 Å². The van der Waals surface area contributed by atoms with Crippen LogP contribution in [-0.4, -0.2) is 37.5 Å². The Morgan fingerprint density at radius 1 is 1.25 bits per heavy atom. The van der Waals surface area contributed by atoms with Crippen molar-refractivity contribution < 1.29 is 9.32 Å². The van der Waals surface area contributed by atoms with Crippen molar-refractivity contribution in [2.24, 2.45) is 5.41 Å². The van der Waals surface area contributed by atoms with Gasteiger partial charge in [-0.3, -0.25) is 9.78 Å². The van der Waals surface area contributed by atoms with E-state index in [1.165, 1.54) is 0 Å². The Labute approximate surface area is 137 Å². The number of fused-ring (bicyclic) bond motifs is 1. The van der Waals surface area contributed by atoms with Gasteiger partial charge in [-0.1, -0.05) is 25.1 Å². The van der Waals surface area contributed by atoms with Crippen LogP contribution in [-0.2, 0) is 6.42 Å². The summed E-state index contributed by atoms with van der Waals surface area (Å²) >= 11 is 0. The monoisotopic (exact) mass is 324 g/mol. The van der Waals surface area contributed by atoms with Crippen LogP contribution in [0.15, 0.2) is 28.9 Å². The Morgan fingerprint density at radius 2 is 2.12 bits per heavy atom. The number of H-pyrrole nitrogens is 1. The summed E-state index contributed by atoms with van der Waals surface area (Å²) in [6.45, 7) is 4.79. The number of nitrogens with zero attached hydrogens (tertiary/aromatic N) is 4. The average molecular weight is 324 g/mol. The molecule has 1 aliphatic rings. The van der Waals surface area contributed by atoms with E-state index in [-0.39, 0.29) is 17.2 Å². The molecule has 3 aromatic heterocycles. The Balaban J connectivity index is 1.71. The highest BCUT2D eigenvalue weighted by Gasteiger charge is 2.30. The number of amides is 1. The van der Waals surface area contributed by atoms with E-state index in [1.807, 2.05) is 12.1 Å². The predicted molar refractivity (Wildman–Crippen MR) is 84.9 cm³/mol. The first-order valence-electron chi connectivity index (χ1n) is 7.64. The average Bonchev–Trinajstić information content (AvgIpc) is 3.18. The van der Waals surface area contributed by atoms with Crippen LogP contribution < -0.4 is 5.32 Å². The fourth-order valence-electron chi connectivity index (χ4n) is 2.69. The van der Waals surface area contributed by atoms with E-state index in [1.54, 1.807) is 12.3 Å². The van der Waals surface area contributed by atoms with E-state index in [0.717, 1.165) is 5.69 Å². The van der Waals surface area contributed by atoms with Crippen LogP contribution in [0, 0.1) is 5.41 Å². The molecule has 0 aromatic carbocycles. The highest BCUT2D eigenvalue weighted by Crippen LogP contribution is 2.27. The molecule has 1 aliphatic heterocycles. The fourth-order valence-corrected chi connectivity index (χ4v) is 2.69. The molecule has 0 saturated heterocycles. The highest BCUT2D eigenvalue weighted by atomic mass is 16.5. The van der Waals surface area contributed by atoms with Gasteiger partial charge in [-0.05, 0) is 24.0 Å². The standard InChI is InChI=1S/C16H16N6O2/c1-16(2)7-10-11(14(23)18-8-16)20-13(19-10)15-21-12(22-24-15)9-5-3-4-6-17-9/h3-6H,7-8H2,1-2H3,(H,18,23)(H,19,20). The van der Waals surface area contributed by atoms with Gasteiger partial charge in [-0.2, -0.15) is 4.98 Å². The van der Waals surface area contributed by atoms with Crippen LogP contribution in [0.2, 0.25) is 0 Å². The first-order valence-corrected chi connectivity index (χ1v) is 7.64. The minimum absolute atomic E-state index is 0.0569. The summed E-state index contributed by atoms with van der Waals surface area (Å²) < 4.78 is 5.27. The molecule has 8 nitrogen and oxygen atoms in total. The van der Waals surface area contributed by atoms with Gasteiger partial charge in [-0.15, -0.1) is 0 Å². The SMILES string of the molecule is CC1(C)CNC(=O)c2nc(-c3nc(-c4ccccn4)no3)[nH]c2C1. The van der Waals surface area contributed by atoms with E-state index < -0.39 is 0 Å². The summed E-state index contributed by atoms with van der Waals surface area (Å²) in [6, 6.07) is 5.45. The second-order valence-electron chi connectivity index (χ2n) is 6.57. The molecule has 122 valence electrons. The number of aromatic nitrogens is 5. The second-order valence-corrected chi connectivity index (χ2v) is 6.57. The maximum Gasteiger partial charge on any atom is 0.294 e. The van der Waals surface area contributed by atoms with Gasteiger partial charge in [0.2, 0.25) is 5.82 Å². The zero-order chi connectivity index (χ0) is 16.7. The molecule has 0 fully saturated rings. The minimum Gasteiger partial charge on any atom is -0.350 e. The second kappa shape index (κ2) is 5.26. The molecular weight excluding hydrogens is 308 g/mol. The van der Waals surface area contributed by atoms with Crippen LogP contribution in [0.1, 0.15) is 30.0 Å². The summed E-state index contributed by atoms with van der Waals surface area (Å²) in [5.41, 5.74) is 1.72. The molecule has 0 spiro atoms. The van der Waals surface area contributed by atoms with E-state index in [0.29, 0.717) is 36.0 Å². The predicted octanol–water partition coefficient (Wildman–Crippen LogP) is 1.83. The maximum atomic E-state index is 12.2. The Morgan fingerprint density at radius 3 is 2.92 bits per heavy atom. The number of carbonyl (C=O) groups excluding carboxylic acids is 1. The summed E-state index contributed by atoms with van der Waals surface area (Å²) in [6.07, 6.45) is 2.36. The number of hydrogen-bond acceptors (Lipinski definition) is 6. The Hall–Kier alpha value is -3.03. The van der Waals surface area contributed by atoms with Crippen molar-refractivity contribution in [3.05, 3.63) is 35.8 Å². The fraction of sp³-hybridized carbons (Fsp3) is 0.312. The molecule has 4 rings (SSSR count). The first-order chi connectivity index (χ1) is 11.5.